The van der Waals surface area contributed by atoms with Gasteiger partial charge < -0.3 is 0 Å². The number of rotatable bonds is 1. The molecule has 0 saturated carbocycles. The molecule has 0 fully saturated rings. The van der Waals surface area contributed by atoms with E-state index in [9.17, 15) is 0 Å². The van der Waals surface area contributed by atoms with E-state index in [1.165, 1.54) is 39.0 Å². The van der Waals surface area contributed by atoms with Crippen LogP contribution in [0.1, 0.15) is 46.2 Å². The predicted molar refractivity (Wildman–Crippen MR) is 90.3 cm³/mol. The number of benzene rings is 2. The van der Waals surface area contributed by atoms with Gasteiger partial charge in [0.25, 0.3) is 0 Å². The fourth-order valence-corrected chi connectivity index (χ4v) is 3.77. The van der Waals surface area contributed by atoms with Crippen LogP contribution in [0.2, 0.25) is 0 Å². The van der Waals surface area contributed by atoms with Gasteiger partial charge in [-0.1, -0.05) is 52.7 Å². The lowest BCUT2D eigenvalue weighted by atomic mass is 9.91. The lowest BCUT2D eigenvalue weighted by molar-refractivity contribution is 0.989. The highest BCUT2D eigenvalue weighted by atomic mass is 79.9. The van der Waals surface area contributed by atoms with Crippen LogP contribution in [0, 0.1) is 20.8 Å². The molecule has 0 aliphatic heterocycles. The molecule has 0 saturated heterocycles. The molecule has 1 atom stereocenters. The summed E-state index contributed by atoms with van der Waals surface area (Å²) in [5, 5.41) is 0. The number of halogens is 1. The van der Waals surface area contributed by atoms with Crippen LogP contribution in [0.25, 0.3) is 5.57 Å². The van der Waals surface area contributed by atoms with E-state index < -0.39 is 0 Å². The molecule has 0 N–H and O–H groups in total. The minimum atomic E-state index is 0.494. The van der Waals surface area contributed by atoms with Crippen molar-refractivity contribution < 1.29 is 0 Å². The highest BCUT2D eigenvalue weighted by Crippen LogP contribution is 2.42. The predicted octanol–water partition coefficient (Wildman–Crippen LogP) is 5.92. The minimum absolute atomic E-state index is 0.494. The van der Waals surface area contributed by atoms with Gasteiger partial charge in [-0.15, -0.1) is 0 Å². The third-order valence-corrected chi connectivity index (χ3v) is 4.65. The van der Waals surface area contributed by atoms with E-state index in [0.717, 1.165) is 4.47 Å². The first-order chi connectivity index (χ1) is 9.47. The molecule has 0 radical (unpaired) electrons. The Morgan fingerprint density at radius 3 is 2.25 bits per heavy atom. The monoisotopic (exact) mass is 326 g/mol. The van der Waals surface area contributed by atoms with Gasteiger partial charge in [-0.3, -0.25) is 0 Å². The van der Waals surface area contributed by atoms with Crippen molar-refractivity contribution >= 4 is 21.5 Å². The minimum Gasteiger partial charge on any atom is -0.0688 e. The molecule has 20 heavy (non-hydrogen) atoms. The topological polar surface area (TPSA) is 0 Å². The molecule has 2 aromatic rings. The molecule has 1 unspecified atom stereocenters. The first-order valence-electron chi connectivity index (χ1n) is 7.07. The number of hydrogen-bond donors (Lipinski definition) is 0. The summed E-state index contributed by atoms with van der Waals surface area (Å²) in [5.74, 6) is 0.494. The molecular weight excluding hydrogens is 308 g/mol. The number of aryl methyl sites for hydroxylation is 3. The van der Waals surface area contributed by atoms with Gasteiger partial charge in [0.1, 0.15) is 0 Å². The molecule has 1 aliphatic rings. The summed E-state index contributed by atoms with van der Waals surface area (Å²) in [6, 6.07) is 11.2. The summed E-state index contributed by atoms with van der Waals surface area (Å²) in [5.41, 5.74) is 9.68. The maximum atomic E-state index is 3.61. The molecule has 0 heterocycles. The zero-order valence-corrected chi connectivity index (χ0v) is 14.0. The van der Waals surface area contributed by atoms with Crippen molar-refractivity contribution in [2.45, 2.75) is 33.6 Å². The van der Waals surface area contributed by atoms with Gasteiger partial charge in [0.05, 0.1) is 0 Å². The summed E-state index contributed by atoms with van der Waals surface area (Å²) < 4.78 is 1.15. The van der Waals surface area contributed by atoms with E-state index in [1.807, 2.05) is 0 Å². The van der Waals surface area contributed by atoms with Gasteiger partial charge in [-0.25, -0.2) is 0 Å². The average molecular weight is 327 g/mol. The molecule has 0 amide bonds. The third kappa shape index (κ3) is 2.14. The van der Waals surface area contributed by atoms with Gasteiger partial charge in [0.2, 0.25) is 0 Å². The number of hydrogen-bond acceptors (Lipinski definition) is 0. The standard InChI is InChI=1S/C19H19Br/c1-11-7-13(3)19(14(4)8-11)18-9-12(2)16-6-5-15(20)10-17(16)18/h5-10,12H,1-4H3. The van der Waals surface area contributed by atoms with Crippen molar-refractivity contribution in [1.82, 2.24) is 0 Å². The molecule has 0 spiro atoms. The van der Waals surface area contributed by atoms with Crippen molar-refractivity contribution in [3.05, 3.63) is 74.3 Å². The molecule has 102 valence electrons. The van der Waals surface area contributed by atoms with Gasteiger partial charge in [0.15, 0.2) is 0 Å². The van der Waals surface area contributed by atoms with E-state index in [0.29, 0.717) is 5.92 Å². The van der Waals surface area contributed by atoms with E-state index >= 15 is 0 Å². The van der Waals surface area contributed by atoms with Crippen molar-refractivity contribution in [1.29, 1.82) is 0 Å². The Labute approximate surface area is 129 Å². The molecule has 0 nitrogen and oxygen atoms in total. The van der Waals surface area contributed by atoms with Crippen LogP contribution in [0.4, 0.5) is 0 Å². The van der Waals surface area contributed by atoms with Crippen LogP contribution in [0.3, 0.4) is 0 Å². The lowest BCUT2D eigenvalue weighted by Gasteiger charge is -2.14. The summed E-state index contributed by atoms with van der Waals surface area (Å²) in [6.07, 6.45) is 2.40. The van der Waals surface area contributed by atoms with Gasteiger partial charge >= 0.3 is 0 Å². The second-order valence-electron chi connectivity index (χ2n) is 5.87. The van der Waals surface area contributed by atoms with Gasteiger partial charge in [-0.2, -0.15) is 0 Å². The maximum Gasteiger partial charge on any atom is 0.0181 e. The number of fused-ring (bicyclic) bond motifs is 1. The van der Waals surface area contributed by atoms with Crippen LogP contribution in [0.15, 0.2) is 40.9 Å². The zero-order valence-electron chi connectivity index (χ0n) is 12.4. The van der Waals surface area contributed by atoms with Crippen LogP contribution in [-0.2, 0) is 0 Å². The Morgan fingerprint density at radius 1 is 0.950 bits per heavy atom. The Balaban J connectivity index is 2.24. The van der Waals surface area contributed by atoms with Crippen LogP contribution in [-0.4, -0.2) is 0 Å². The molecular formula is C19H19Br. The number of allylic oxidation sites excluding steroid dienone is 1. The molecule has 3 rings (SSSR count). The summed E-state index contributed by atoms with van der Waals surface area (Å²) in [4.78, 5) is 0. The molecule has 2 aromatic carbocycles. The molecule has 0 bridgehead atoms. The SMILES string of the molecule is Cc1cc(C)c(C2=CC(C)c3ccc(Br)cc32)c(C)c1. The smallest absolute Gasteiger partial charge is 0.0181 e. The summed E-state index contributed by atoms with van der Waals surface area (Å²) >= 11 is 3.61. The van der Waals surface area contributed by atoms with Crippen molar-refractivity contribution in [3.8, 4) is 0 Å². The Kier molecular flexibility index (Phi) is 3.33. The van der Waals surface area contributed by atoms with Crippen molar-refractivity contribution in [2.24, 2.45) is 0 Å². The Hall–Kier alpha value is -1.34. The normalized spacial score (nSPS) is 17.1. The van der Waals surface area contributed by atoms with Crippen LogP contribution >= 0.6 is 15.9 Å². The van der Waals surface area contributed by atoms with E-state index in [2.05, 4.69) is 80.0 Å². The fraction of sp³-hybridized carbons (Fsp3) is 0.263. The quantitative estimate of drug-likeness (QED) is 0.609. The van der Waals surface area contributed by atoms with E-state index in [4.69, 9.17) is 0 Å². The maximum absolute atomic E-state index is 3.61. The van der Waals surface area contributed by atoms with Crippen molar-refractivity contribution in [2.75, 3.05) is 0 Å². The van der Waals surface area contributed by atoms with E-state index in [-0.39, 0.29) is 0 Å². The Morgan fingerprint density at radius 2 is 1.60 bits per heavy atom. The van der Waals surface area contributed by atoms with Crippen molar-refractivity contribution in [3.63, 3.8) is 0 Å². The summed E-state index contributed by atoms with van der Waals surface area (Å²) in [7, 11) is 0. The molecule has 1 aliphatic carbocycles. The largest absolute Gasteiger partial charge is 0.0688 e. The average Bonchev–Trinajstić information content (AvgIpc) is 2.65. The fourth-order valence-electron chi connectivity index (χ4n) is 3.41. The first kappa shape index (κ1) is 13.6. The van der Waals surface area contributed by atoms with Gasteiger partial charge in [-0.05, 0) is 66.3 Å². The second kappa shape index (κ2) is 4.89. The second-order valence-corrected chi connectivity index (χ2v) is 6.79. The highest BCUT2D eigenvalue weighted by Gasteiger charge is 2.23. The molecule has 1 heteroatoms. The highest BCUT2D eigenvalue weighted by molar-refractivity contribution is 9.10. The van der Waals surface area contributed by atoms with E-state index in [1.54, 1.807) is 0 Å². The summed E-state index contributed by atoms with van der Waals surface area (Å²) in [6.45, 7) is 8.88. The van der Waals surface area contributed by atoms with Gasteiger partial charge in [0, 0.05) is 10.4 Å². The van der Waals surface area contributed by atoms with Crippen LogP contribution in [0.5, 0.6) is 0 Å². The zero-order chi connectivity index (χ0) is 14.4. The Bertz CT molecular complexity index is 700. The lowest BCUT2D eigenvalue weighted by Crippen LogP contribution is -1.95. The molecule has 0 aromatic heterocycles. The third-order valence-electron chi connectivity index (χ3n) is 4.16. The first-order valence-corrected chi connectivity index (χ1v) is 7.86. The van der Waals surface area contributed by atoms with Crippen LogP contribution < -0.4 is 0 Å².